The Labute approximate surface area is 336 Å². The Morgan fingerprint density at radius 3 is 1.87 bits per heavy atom. The summed E-state index contributed by atoms with van der Waals surface area (Å²) in [6.07, 6.45) is -13.9. The van der Waals surface area contributed by atoms with Gasteiger partial charge in [0, 0.05) is 38.9 Å². The van der Waals surface area contributed by atoms with Crippen LogP contribution in [-0.4, -0.2) is 85.5 Å². The summed E-state index contributed by atoms with van der Waals surface area (Å²) in [6.45, 7) is 1.70. The number of alkyl halides is 9. The number of halogens is 9. The van der Waals surface area contributed by atoms with Crippen molar-refractivity contribution in [3.63, 3.8) is 0 Å². The van der Waals surface area contributed by atoms with Gasteiger partial charge in [-0.3, -0.25) is 14.5 Å². The number of nitrogens with zero attached hydrogens (tertiary/aromatic N) is 4. The third-order valence-electron chi connectivity index (χ3n) is 9.04. The van der Waals surface area contributed by atoms with Gasteiger partial charge < -0.3 is 35.6 Å². The third-order valence-corrected chi connectivity index (χ3v) is 9.04. The Kier molecular flexibility index (Phi) is 17.0. The molecule has 2 unspecified atom stereocenters. The van der Waals surface area contributed by atoms with Gasteiger partial charge in [-0.25, -0.2) is 19.7 Å². The van der Waals surface area contributed by atoms with Crippen LogP contribution >= 0.6 is 0 Å². The lowest BCUT2D eigenvalue weighted by Gasteiger charge is -2.47. The van der Waals surface area contributed by atoms with Gasteiger partial charge in [0.25, 0.3) is 0 Å². The van der Waals surface area contributed by atoms with Crippen LogP contribution < -0.4 is 15.4 Å². The van der Waals surface area contributed by atoms with Crippen LogP contribution in [0.4, 0.5) is 50.0 Å². The highest BCUT2D eigenvalue weighted by Gasteiger charge is 2.50. The Morgan fingerprint density at radius 1 is 0.833 bits per heavy atom. The molecule has 0 saturated carbocycles. The van der Waals surface area contributed by atoms with Crippen LogP contribution in [0, 0.1) is 0 Å². The van der Waals surface area contributed by atoms with Gasteiger partial charge in [0.15, 0.2) is 5.75 Å². The Hall–Kier alpha value is -5.29. The molecule has 1 aliphatic heterocycles. The number of aliphatic hydroxyl groups is 1. The van der Waals surface area contributed by atoms with Crippen LogP contribution in [0.2, 0.25) is 0 Å². The third kappa shape index (κ3) is 13.6. The highest BCUT2D eigenvalue weighted by atomic mass is 19.4. The predicted octanol–water partition coefficient (Wildman–Crippen LogP) is 7.29. The molecule has 0 radical (unpaired) electrons. The van der Waals surface area contributed by atoms with Crippen molar-refractivity contribution >= 4 is 23.7 Å². The number of anilines is 1. The molecule has 332 valence electrons. The van der Waals surface area contributed by atoms with Crippen molar-refractivity contribution in [1.29, 1.82) is 0 Å². The van der Waals surface area contributed by atoms with E-state index < -0.39 is 90.0 Å². The summed E-state index contributed by atoms with van der Waals surface area (Å²) in [4.78, 5) is 45.3. The summed E-state index contributed by atoms with van der Waals surface area (Å²) in [7, 11) is 0. The number of rotatable bonds is 17. The topological polar surface area (TPSA) is 219 Å². The number of nitrogens with two attached hydrogens (primary N) is 1. The van der Waals surface area contributed by atoms with Crippen LogP contribution in [0.1, 0.15) is 97.4 Å². The van der Waals surface area contributed by atoms with Gasteiger partial charge in [-0.15, -0.1) is 0 Å². The monoisotopic (exact) mass is 871 g/mol. The lowest BCUT2D eigenvalue weighted by atomic mass is 9.80. The first-order chi connectivity index (χ1) is 27.9. The fourth-order valence-corrected chi connectivity index (χ4v) is 6.13. The van der Waals surface area contributed by atoms with Gasteiger partial charge in [-0.2, -0.15) is 39.5 Å². The maximum atomic E-state index is 13.5. The molecule has 60 heavy (non-hydrogen) atoms. The van der Waals surface area contributed by atoms with E-state index in [0.717, 1.165) is 25.1 Å². The second-order valence-electron chi connectivity index (χ2n) is 13.4. The smallest absolute Gasteiger partial charge is 0.433 e. The van der Waals surface area contributed by atoms with Crippen molar-refractivity contribution < 1.29 is 83.8 Å². The second kappa shape index (κ2) is 20.8. The number of aromatic nitrogens is 3. The van der Waals surface area contributed by atoms with E-state index in [1.807, 2.05) is 0 Å². The van der Waals surface area contributed by atoms with E-state index in [9.17, 15) is 64.1 Å². The maximum absolute atomic E-state index is 13.5. The minimum Gasteiger partial charge on any atom is -0.488 e. The van der Waals surface area contributed by atoms with Crippen LogP contribution in [0.5, 0.6) is 5.75 Å². The molecule has 2 aromatic heterocycles. The second-order valence-corrected chi connectivity index (χ2v) is 13.4. The number of benzene rings is 1. The quantitative estimate of drug-likeness (QED) is 0.0666. The minimum absolute atomic E-state index is 0.0513. The zero-order valence-electron chi connectivity index (χ0n) is 31.8. The van der Waals surface area contributed by atoms with Crippen molar-refractivity contribution in [1.82, 2.24) is 15.0 Å². The number of carbonyl (C=O) groups is 3. The fraction of sp³-hybridized carbons (Fsp3) is 0.514. The average Bonchev–Trinajstić information content (AvgIpc) is 3.15. The zero-order chi connectivity index (χ0) is 45.1. The maximum Gasteiger partial charge on any atom is 0.433 e. The molecule has 0 saturated heterocycles. The molecular weight excluding hydrogens is 829 g/mol. The lowest BCUT2D eigenvalue weighted by Crippen LogP contribution is -2.64. The van der Waals surface area contributed by atoms with Crippen LogP contribution in [0.3, 0.4) is 0 Å². The van der Waals surface area contributed by atoms with E-state index >= 15 is 0 Å². The van der Waals surface area contributed by atoms with Crippen LogP contribution in [0.15, 0.2) is 36.5 Å². The molecule has 0 fully saturated rings. The Morgan fingerprint density at radius 2 is 1.40 bits per heavy atom. The van der Waals surface area contributed by atoms with E-state index in [-0.39, 0.29) is 60.6 Å². The molecule has 1 aromatic carbocycles. The first-order valence-corrected chi connectivity index (χ1v) is 18.2. The molecule has 14 nitrogen and oxygen atoms in total. The summed E-state index contributed by atoms with van der Waals surface area (Å²) in [5.41, 5.74) is -1.07. The summed E-state index contributed by atoms with van der Waals surface area (Å²) >= 11 is 0. The summed E-state index contributed by atoms with van der Waals surface area (Å²) in [5.74, 6) is -3.38. The largest absolute Gasteiger partial charge is 0.488 e. The lowest BCUT2D eigenvalue weighted by molar-refractivity contribution is -0.143. The van der Waals surface area contributed by atoms with Gasteiger partial charge in [0.2, 0.25) is 0 Å². The van der Waals surface area contributed by atoms with Gasteiger partial charge in [-0.05, 0) is 68.0 Å². The molecule has 2 atom stereocenters. The molecule has 0 aliphatic carbocycles. The molecule has 4 rings (SSSR count). The number of unbranched alkanes of at least 4 members (excludes halogenated alkanes) is 2. The SMILES string of the molecule is CCC1(N)C(c2ncc(OCCO)c(Cc3cc(C(F)(F)F)cc(C(F)(F)F)c3)n2)Cc2nc(C(F)(F)F)ccc2N1C(=O)O.O=C(O)CCCCOCCCCC(=O)O. The summed E-state index contributed by atoms with van der Waals surface area (Å²) in [6, 6.07) is 2.42. The van der Waals surface area contributed by atoms with Crippen molar-refractivity contribution in [2.24, 2.45) is 5.73 Å². The Bertz CT molecular complexity index is 1900. The number of carboxylic acids is 2. The van der Waals surface area contributed by atoms with E-state index in [4.69, 9.17) is 25.4 Å². The molecule has 23 heteroatoms. The first kappa shape index (κ1) is 49.1. The Balaban J connectivity index is 0.000000544. The molecule has 1 amide bonds. The van der Waals surface area contributed by atoms with E-state index in [0.29, 0.717) is 49.2 Å². The van der Waals surface area contributed by atoms with Crippen molar-refractivity contribution in [2.75, 3.05) is 31.3 Å². The summed E-state index contributed by atoms with van der Waals surface area (Å²) < 4.78 is 132. The molecule has 0 bridgehead atoms. The predicted molar refractivity (Wildman–Crippen MR) is 191 cm³/mol. The highest BCUT2D eigenvalue weighted by Crippen LogP contribution is 2.45. The number of pyridine rings is 1. The number of ether oxygens (including phenoxy) is 2. The number of aliphatic carboxylic acids is 2. The van der Waals surface area contributed by atoms with E-state index in [2.05, 4.69) is 15.0 Å². The molecule has 3 heterocycles. The van der Waals surface area contributed by atoms with Gasteiger partial charge >= 0.3 is 36.6 Å². The highest BCUT2D eigenvalue weighted by molar-refractivity contribution is 5.89. The molecule has 6 N–H and O–H groups in total. The van der Waals surface area contributed by atoms with Crippen LogP contribution in [-0.2, 0) is 45.7 Å². The van der Waals surface area contributed by atoms with E-state index in [1.54, 1.807) is 0 Å². The number of hydrogen-bond donors (Lipinski definition) is 5. The number of hydrogen-bond acceptors (Lipinski definition) is 10. The van der Waals surface area contributed by atoms with Crippen molar-refractivity contribution in [3.8, 4) is 5.75 Å². The molecular formula is C37H42F9N5O9. The van der Waals surface area contributed by atoms with Gasteiger partial charge in [0.1, 0.15) is 23.8 Å². The normalized spacial score (nSPS) is 16.7. The number of carboxylic acid groups (broad SMARTS) is 3. The van der Waals surface area contributed by atoms with Gasteiger partial charge in [0.05, 0.1) is 46.9 Å². The summed E-state index contributed by atoms with van der Waals surface area (Å²) in [5, 5.41) is 35.9. The number of aliphatic hydroxyl groups excluding tert-OH is 1. The van der Waals surface area contributed by atoms with Crippen molar-refractivity contribution in [3.05, 3.63) is 76.1 Å². The number of fused-ring (bicyclic) bond motifs is 1. The average molecular weight is 872 g/mol. The van der Waals surface area contributed by atoms with E-state index in [1.165, 1.54) is 6.92 Å². The number of amides is 1. The van der Waals surface area contributed by atoms with Gasteiger partial charge in [-0.1, -0.05) is 6.92 Å². The van der Waals surface area contributed by atoms with Crippen LogP contribution in [0.25, 0.3) is 0 Å². The molecule has 0 spiro atoms. The van der Waals surface area contributed by atoms with Crippen molar-refractivity contribution in [2.45, 2.75) is 94.8 Å². The zero-order valence-corrected chi connectivity index (χ0v) is 31.8. The molecule has 3 aromatic rings. The standard InChI is InChI=1S/C27H24F9N5O4.C10H18O5/c1-2-24(37)16(11-17-19(41(24)23(43)44)3-4-21(39-17)27(34,35)36)22-38-12-20(45-6-5-42)18(40-22)9-13-7-14(25(28,29)30)10-15(8-13)26(31,32)33;11-9(12)5-1-3-7-15-8-4-2-6-10(13)14/h3-4,7-8,10,12,16,42H,2,5-6,9,11,37H2,1H3,(H,43,44);1-8H2,(H,11,12)(H,13,14). The fourth-order valence-electron chi connectivity index (χ4n) is 6.13. The first-order valence-electron chi connectivity index (χ1n) is 18.2. The minimum atomic E-state index is -5.14. The molecule has 1 aliphatic rings.